The summed E-state index contributed by atoms with van der Waals surface area (Å²) in [4.78, 5) is 38.8. The third-order valence-corrected chi connectivity index (χ3v) is 7.60. The van der Waals surface area contributed by atoms with Gasteiger partial charge in [-0.1, -0.05) is 40.6 Å². The number of nitrogens with one attached hydrogen (secondary N) is 2. The molecule has 10 nitrogen and oxygen atoms in total. The Morgan fingerprint density at radius 3 is 2.75 bits per heavy atom. The summed E-state index contributed by atoms with van der Waals surface area (Å²) in [5.41, 5.74) is 1.86. The smallest absolute Gasteiger partial charge is 0.434 e. The molecule has 3 aromatic heterocycles. The number of aromatic nitrogens is 3. The minimum Gasteiger partial charge on any atom is -0.434 e. The van der Waals surface area contributed by atoms with Crippen LogP contribution in [0.5, 0.6) is 5.06 Å². The van der Waals surface area contributed by atoms with Crippen LogP contribution in [0.1, 0.15) is 29.5 Å². The van der Waals surface area contributed by atoms with Gasteiger partial charge in [0.15, 0.2) is 5.13 Å². The largest absolute Gasteiger partial charge is 0.514 e. The van der Waals surface area contributed by atoms with Crippen molar-refractivity contribution < 1.29 is 23.8 Å². The number of ether oxygens (including phenoxy) is 3. The Morgan fingerprint density at radius 2 is 2.11 bits per heavy atom. The first-order chi connectivity index (χ1) is 17.3. The Kier molecular flexibility index (Phi) is 8.35. The molecule has 0 aromatic carbocycles. The van der Waals surface area contributed by atoms with Crippen molar-refractivity contribution in [3.8, 4) is 16.5 Å². The van der Waals surface area contributed by atoms with Gasteiger partial charge in [0.05, 0.1) is 34.5 Å². The molecular weight excluding hydrogens is 529 g/mol. The van der Waals surface area contributed by atoms with Crippen LogP contribution in [-0.2, 0) is 9.47 Å². The number of pyridine rings is 1. The molecule has 1 saturated heterocycles. The molecule has 3 aromatic rings. The molecule has 0 bridgehead atoms. The van der Waals surface area contributed by atoms with Crippen molar-refractivity contribution in [1.29, 1.82) is 0 Å². The highest BCUT2D eigenvalue weighted by Gasteiger charge is 2.34. The number of nitrogens with zero attached hydrogens (tertiary/aromatic N) is 3. The molecule has 1 aliphatic rings. The van der Waals surface area contributed by atoms with Crippen LogP contribution in [0, 0.1) is 6.92 Å². The molecule has 13 heteroatoms. The molecule has 4 rings (SSSR count). The van der Waals surface area contributed by atoms with Crippen molar-refractivity contribution in [2.24, 2.45) is 0 Å². The van der Waals surface area contributed by atoms with Crippen molar-refractivity contribution in [1.82, 2.24) is 20.3 Å². The average Bonchev–Trinajstić information content (AvgIpc) is 3.41. The predicted octanol–water partition coefficient (Wildman–Crippen LogP) is 4.71. The standard InChI is InChI=1S/C23H25Cl2N5O5S/c1-4-34-23(32)35-21-18(14-7-5-6-9-26-14)29-22(36-21)30-10-8-13(15(11-30)33-3)28-20(31)19-17(25)16(24)12(2)27-19/h5-7,9,13,15,27H,4,8,10-11H2,1-3H3,(H,28,31)/t13-,15+/m1/s1. The molecule has 0 aliphatic carbocycles. The molecule has 0 saturated carbocycles. The minimum atomic E-state index is -0.806. The first-order valence-corrected chi connectivity index (χ1v) is 12.8. The maximum atomic E-state index is 12.8. The van der Waals surface area contributed by atoms with E-state index in [0.29, 0.717) is 51.8 Å². The molecule has 1 fully saturated rings. The maximum absolute atomic E-state index is 12.8. The van der Waals surface area contributed by atoms with Crippen molar-refractivity contribution >= 4 is 51.7 Å². The number of hydrogen-bond acceptors (Lipinski definition) is 9. The molecule has 1 amide bonds. The number of halogens is 2. The van der Waals surface area contributed by atoms with Crippen LogP contribution in [0.3, 0.4) is 0 Å². The fraction of sp³-hybridized carbons (Fsp3) is 0.391. The Bertz CT molecular complexity index is 1240. The summed E-state index contributed by atoms with van der Waals surface area (Å²) in [7, 11) is 1.59. The van der Waals surface area contributed by atoms with Crippen molar-refractivity contribution in [2.45, 2.75) is 32.4 Å². The van der Waals surface area contributed by atoms with Crippen LogP contribution in [0.4, 0.5) is 9.93 Å². The van der Waals surface area contributed by atoms with Gasteiger partial charge in [0, 0.05) is 32.1 Å². The molecule has 0 spiro atoms. The van der Waals surface area contributed by atoms with E-state index in [-0.39, 0.29) is 35.4 Å². The third kappa shape index (κ3) is 5.59. The van der Waals surface area contributed by atoms with E-state index in [4.69, 9.17) is 42.4 Å². The van der Waals surface area contributed by atoms with Gasteiger partial charge >= 0.3 is 6.16 Å². The number of carbonyl (C=O) groups is 2. The molecule has 2 N–H and O–H groups in total. The summed E-state index contributed by atoms with van der Waals surface area (Å²) < 4.78 is 16.1. The topological polar surface area (TPSA) is 119 Å². The minimum absolute atomic E-state index is 0.192. The molecule has 1 aliphatic heterocycles. The number of aryl methyl sites for hydroxylation is 1. The van der Waals surface area contributed by atoms with E-state index >= 15 is 0 Å². The molecule has 4 heterocycles. The zero-order chi connectivity index (χ0) is 25.8. The highest BCUT2D eigenvalue weighted by atomic mass is 35.5. The molecule has 0 radical (unpaired) electrons. The fourth-order valence-electron chi connectivity index (χ4n) is 3.85. The first-order valence-electron chi connectivity index (χ1n) is 11.2. The number of anilines is 1. The number of rotatable bonds is 7. The van der Waals surface area contributed by atoms with E-state index in [1.807, 2.05) is 11.0 Å². The first kappa shape index (κ1) is 26.2. The van der Waals surface area contributed by atoms with Crippen LogP contribution in [0.15, 0.2) is 24.4 Å². The average molecular weight is 554 g/mol. The lowest BCUT2D eigenvalue weighted by atomic mass is 10.0. The van der Waals surface area contributed by atoms with Gasteiger partial charge in [-0.05, 0) is 32.4 Å². The molecule has 36 heavy (non-hydrogen) atoms. The fourth-order valence-corrected chi connectivity index (χ4v) is 5.22. The van der Waals surface area contributed by atoms with Crippen molar-refractivity contribution in [3.05, 3.63) is 45.8 Å². The van der Waals surface area contributed by atoms with Gasteiger partial charge in [-0.2, -0.15) is 0 Å². The zero-order valence-corrected chi connectivity index (χ0v) is 22.2. The second kappa shape index (κ2) is 11.5. The summed E-state index contributed by atoms with van der Waals surface area (Å²) in [6.07, 6.45) is 1.09. The number of piperidine rings is 1. The number of carbonyl (C=O) groups excluding carboxylic acids is 2. The van der Waals surface area contributed by atoms with Gasteiger partial charge in [-0.3, -0.25) is 9.78 Å². The number of amides is 1. The number of aromatic amines is 1. The van der Waals surface area contributed by atoms with Crippen molar-refractivity contribution in [2.75, 3.05) is 31.7 Å². The lowest BCUT2D eigenvalue weighted by Crippen LogP contribution is -2.55. The summed E-state index contributed by atoms with van der Waals surface area (Å²) >= 11 is 13.5. The Hall–Kier alpha value is -2.86. The van der Waals surface area contributed by atoms with E-state index < -0.39 is 6.16 Å². The maximum Gasteiger partial charge on any atom is 0.514 e. The SMILES string of the molecule is CCOC(=O)Oc1sc(N2CC[C@@H](NC(=O)c3[nH]c(C)c(Cl)c3Cl)[C@@H](OC)C2)nc1-c1ccccn1. The Balaban J connectivity index is 1.51. The van der Waals surface area contributed by atoms with Crippen LogP contribution in [0.25, 0.3) is 11.4 Å². The van der Waals surface area contributed by atoms with E-state index in [9.17, 15) is 9.59 Å². The van der Waals surface area contributed by atoms with Gasteiger partial charge in [-0.25, -0.2) is 9.78 Å². The van der Waals surface area contributed by atoms with Crippen LogP contribution < -0.4 is 15.0 Å². The van der Waals surface area contributed by atoms with Gasteiger partial charge in [0.2, 0.25) is 5.06 Å². The summed E-state index contributed by atoms with van der Waals surface area (Å²) in [6.45, 7) is 4.67. The number of methoxy groups -OCH3 is 1. The molecule has 2 atom stereocenters. The normalized spacial score (nSPS) is 17.6. The summed E-state index contributed by atoms with van der Waals surface area (Å²) in [6, 6.07) is 5.15. The lowest BCUT2D eigenvalue weighted by Gasteiger charge is -2.37. The van der Waals surface area contributed by atoms with Gasteiger partial charge < -0.3 is 29.4 Å². The highest BCUT2D eigenvalue weighted by Crippen LogP contribution is 2.40. The summed E-state index contributed by atoms with van der Waals surface area (Å²) in [5, 5.41) is 4.44. The van der Waals surface area contributed by atoms with Gasteiger partial charge in [0.25, 0.3) is 5.91 Å². The van der Waals surface area contributed by atoms with E-state index in [2.05, 4.69) is 15.3 Å². The molecular formula is C23H25Cl2N5O5S. The second-order valence-corrected chi connectivity index (χ2v) is 9.67. The number of hydrogen-bond donors (Lipinski definition) is 2. The number of H-pyrrole nitrogens is 1. The van der Waals surface area contributed by atoms with E-state index in [1.165, 1.54) is 11.3 Å². The third-order valence-electron chi connectivity index (χ3n) is 5.66. The Labute approximate surface area is 221 Å². The second-order valence-electron chi connectivity index (χ2n) is 7.97. The van der Waals surface area contributed by atoms with Crippen LogP contribution in [0.2, 0.25) is 10.0 Å². The summed E-state index contributed by atoms with van der Waals surface area (Å²) in [5.74, 6) is -0.354. The van der Waals surface area contributed by atoms with Gasteiger partial charge in [0.1, 0.15) is 11.4 Å². The highest BCUT2D eigenvalue weighted by molar-refractivity contribution is 7.18. The monoisotopic (exact) mass is 553 g/mol. The van der Waals surface area contributed by atoms with Crippen LogP contribution >= 0.6 is 34.5 Å². The quantitative estimate of drug-likeness (QED) is 0.404. The number of thiazole rings is 1. The zero-order valence-electron chi connectivity index (χ0n) is 19.8. The molecule has 0 unspecified atom stereocenters. The van der Waals surface area contributed by atoms with E-state index in [0.717, 1.165) is 0 Å². The lowest BCUT2D eigenvalue weighted by molar-refractivity contribution is 0.0540. The van der Waals surface area contributed by atoms with E-state index in [1.54, 1.807) is 39.3 Å². The predicted molar refractivity (Wildman–Crippen MR) is 137 cm³/mol. The Morgan fingerprint density at radius 1 is 1.31 bits per heavy atom. The van der Waals surface area contributed by atoms with Crippen molar-refractivity contribution in [3.63, 3.8) is 0 Å². The van der Waals surface area contributed by atoms with Gasteiger partial charge in [-0.15, -0.1) is 0 Å². The molecule has 192 valence electrons. The van der Waals surface area contributed by atoms with Crippen LogP contribution in [-0.4, -0.2) is 66.0 Å².